The molecule has 0 aliphatic rings. The van der Waals surface area contributed by atoms with Crippen molar-refractivity contribution in [3.8, 4) is 5.75 Å². The fourth-order valence-electron chi connectivity index (χ4n) is 2.14. The number of likely N-dealkylation sites (N-methyl/N-ethyl adjacent to an activating group) is 1. The molecule has 1 aromatic rings. The van der Waals surface area contributed by atoms with E-state index in [0.29, 0.717) is 5.56 Å². The molecule has 7 heteroatoms. The Hall–Kier alpha value is -2.57. The zero-order valence-electron chi connectivity index (χ0n) is 15.3. The van der Waals surface area contributed by atoms with E-state index in [4.69, 9.17) is 4.74 Å². The van der Waals surface area contributed by atoms with E-state index >= 15 is 0 Å². The number of rotatable bonds is 7. The summed E-state index contributed by atoms with van der Waals surface area (Å²) in [7, 11) is 1.45. The summed E-state index contributed by atoms with van der Waals surface area (Å²) in [5.41, 5.74) is 1.59. The van der Waals surface area contributed by atoms with Crippen LogP contribution in [0.4, 0.5) is 0 Å². The summed E-state index contributed by atoms with van der Waals surface area (Å²) >= 11 is 0. The van der Waals surface area contributed by atoms with Crippen LogP contribution in [0.3, 0.4) is 0 Å². The minimum absolute atomic E-state index is 0.0288. The molecule has 3 N–H and O–H groups in total. The fraction of sp³-hybridized carbons (Fsp3) is 0.500. The minimum atomic E-state index is -0.781. The van der Waals surface area contributed by atoms with Gasteiger partial charge in [-0.15, -0.1) is 0 Å². The second kappa shape index (κ2) is 9.05. The highest BCUT2D eigenvalue weighted by Gasteiger charge is 2.21. The van der Waals surface area contributed by atoms with Gasteiger partial charge in [-0.2, -0.15) is 0 Å². The fourth-order valence-corrected chi connectivity index (χ4v) is 2.14. The van der Waals surface area contributed by atoms with E-state index < -0.39 is 18.5 Å². The second-order valence-corrected chi connectivity index (χ2v) is 6.34. The molecule has 1 rings (SSSR count). The van der Waals surface area contributed by atoms with Crippen LogP contribution >= 0.6 is 0 Å². The quantitative estimate of drug-likeness (QED) is 0.649. The molecule has 0 atom stereocenters. The van der Waals surface area contributed by atoms with Crippen LogP contribution in [-0.4, -0.2) is 43.1 Å². The van der Waals surface area contributed by atoms with Crippen molar-refractivity contribution in [2.75, 3.05) is 20.2 Å². The monoisotopic (exact) mass is 350 g/mol. The van der Waals surface area contributed by atoms with Crippen molar-refractivity contribution in [2.24, 2.45) is 0 Å². The lowest BCUT2D eigenvalue weighted by atomic mass is 9.92. The molecule has 0 aromatic heterocycles. The Balaban J connectivity index is 2.87. The number of benzene rings is 1. The van der Waals surface area contributed by atoms with Gasteiger partial charge in [-0.1, -0.05) is 33.8 Å². The summed E-state index contributed by atoms with van der Waals surface area (Å²) < 4.78 is 4.96. The molecular formula is C18H26N2O5. The average Bonchev–Trinajstić information content (AvgIpc) is 2.56. The first kappa shape index (κ1) is 20.5. The summed E-state index contributed by atoms with van der Waals surface area (Å²) in [5.74, 6) is -1.67. The van der Waals surface area contributed by atoms with Crippen molar-refractivity contribution in [3.05, 3.63) is 28.8 Å². The third-order valence-corrected chi connectivity index (χ3v) is 3.73. The van der Waals surface area contributed by atoms with E-state index in [-0.39, 0.29) is 35.6 Å². The van der Waals surface area contributed by atoms with Crippen molar-refractivity contribution in [2.45, 2.75) is 39.5 Å². The summed E-state index contributed by atoms with van der Waals surface area (Å²) in [4.78, 5) is 34.9. The number of phenols is 1. The molecule has 25 heavy (non-hydrogen) atoms. The molecule has 0 heterocycles. The largest absolute Gasteiger partial charge is 0.507 e. The topological polar surface area (TPSA) is 105 Å². The Morgan fingerprint density at radius 2 is 1.72 bits per heavy atom. The van der Waals surface area contributed by atoms with Gasteiger partial charge in [0.1, 0.15) is 11.3 Å². The normalized spacial score (nSPS) is 10.7. The van der Waals surface area contributed by atoms with Crippen LogP contribution < -0.4 is 10.6 Å². The summed E-state index contributed by atoms with van der Waals surface area (Å²) in [5, 5.41) is 15.0. The Labute approximate surface area is 147 Å². The van der Waals surface area contributed by atoms with Crippen LogP contribution in [-0.2, 0) is 14.3 Å². The number of ether oxygens (including phenoxy) is 1. The maximum Gasteiger partial charge on any atom is 0.342 e. The predicted octanol–water partition coefficient (Wildman–Crippen LogP) is 1.66. The number of carbonyl (C=O) groups is 3. The zero-order chi connectivity index (χ0) is 19.1. The maximum atomic E-state index is 12.3. The third kappa shape index (κ3) is 5.77. The van der Waals surface area contributed by atoms with E-state index in [1.165, 1.54) is 7.05 Å². The van der Waals surface area contributed by atoms with Crippen LogP contribution in [0, 0.1) is 0 Å². The first-order valence-electron chi connectivity index (χ1n) is 8.18. The number of esters is 1. The van der Waals surface area contributed by atoms with Crippen LogP contribution in [0.5, 0.6) is 5.75 Å². The standard InChI is InChI=1S/C18H26N2O5/c1-10(2)12-6-13(11(3)4)17(23)14(7-12)18(24)25-9-16(22)20-8-15(21)19-5/h6-7,10-11,23H,8-9H2,1-5H3,(H,19,21)(H,20,22). The van der Waals surface area contributed by atoms with E-state index in [1.807, 2.05) is 33.8 Å². The Kier molecular flexibility index (Phi) is 7.42. The number of phenolic OH excluding ortho intramolecular Hbond substituents is 1. The molecule has 0 saturated carbocycles. The number of nitrogens with one attached hydrogen (secondary N) is 2. The molecule has 0 aliphatic heterocycles. The van der Waals surface area contributed by atoms with Gasteiger partial charge in [0.05, 0.1) is 6.54 Å². The van der Waals surface area contributed by atoms with Gasteiger partial charge in [-0.05, 0) is 29.0 Å². The lowest BCUT2D eigenvalue weighted by molar-refractivity contribution is -0.127. The minimum Gasteiger partial charge on any atom is -0.507 e. The molecule has 0 bridgehead atoms. The molecule has 138 valence electrons. The molecule has 0 aliphatic carbocycles. The number of amides is 2. The van der Waals surface area contributed by atoms with Crippen molar-refractivity contribution in [1.82, 2.24) is 10.6 Å². The highest BCUT2D eigenvalue weighted by Crippen LogP contribution is 2.33. The molecular weight excluding hydrogens is 324 g/mol. The number of aromatic hydroxyl groups is 1. The highest BCUT2D eigenvalue weighted by atomic mass is 16.5. The number of carbonyl (C=O) groups excluding carboxylic acids is 3. The Morgan fingerprint density at radius 1 is 1.08 bits per heavy atom. The van der Waals surface area contributed by atoms with Crippen LogP contribution in [0.1, 0.15) is 61.0 Å². The Morgan fingerprint density at radius 3 is 2.24 bits per heavy atom. The van der Waals surface area contributed by atoms with Gasteiger partial charge in [-0.3, -0.25) is 9.59 Å². The van der Waals surface area contributed by atoms with Gasteiger partial charge < -0.3 is 20.5 Å². The van der Waals surface area contributed by atoms with E-state index in [0.717, 1.165) is 5.56 Å². The smallest absolute Gasteiger partial charge is 0.342 e. The van der Waals surface area contributed by atoms with Crippen molar-refractivity contribution in [1.29, 1.82) is 0 Å². The molecule has 0 saturated heterocycles. The Bertz CT molecular complexity index is 653. The predicted molar refractivity (Wildman–Crippen MR) is 93.6 cm³/mol. The zero-order valence-corrected chi connectivity index (χ0v) is 15.3. The van der Waals surface area contributed by atoms with Gasteiger partial charge in [0.2, 0.25) is 5.91 Å². The highest BCUT2D eigenvalue weighted by molar-refractivity contribution is 5.95. The van der Waals surface area contributed by atoms with Gasteiger partial charge in [0, 0.05) is 7.05 Å². The first-order valence-corrected chi connectivity index (χ1v) is 8.18. The lowest BCUT2D eigenvalue weighted by Gasteiger charge is -2.16. The van der Waals surface area contributed by atoms with Gasteiger partial charge in [-0.25, -0.2) is 4.79 Å². The van der Waals surface area contributed by atoms with Crippen molar-refractivity contribution in [3.63, 3.8) is 0 Å². The molecule has 0 unspecified atom stereocenters. The van der Waals surface area contributed by atoms with Crippen LogP contribution in [0.25, 0.3) is 0 Å². The molecule has 7 nitrogen and oxygen atoms in total. The SMILES string of the molecule is CNC(=O)CNC(=O)COC(=O)c1cc(C(C)C)cc(C(C)C)c1O. The molecule has 0 radical (unpaired) electrons. The summed E-state index contributed by atoms with van der Waals surface area (Å²) in [6.45, 7) is 7.08. The van der Waals surface area contributed by atoms with Crippen molar-refractivity contribution >= 4 is 17.8 Å². The summed E-state index contributed by atoms with van der Waals surface area (Å²) in [6.07, 6.45) is 0. The van der Waals surface area contributed by atoms with E-state index in [9.17, 15) is 19.5 Å². The lowest BCUT2D eigenvalue weighted by Crippen LogP contribution is -2.37. The number of hydrogen-bond donors (Lipinski definition) is 3. The van der Waals surface area contributed by atoms with Gasteiger partial charge in [0.15, 0.2) is 6.61 Å². The van der Waals surface area contributed by atoms with Gasteiger partial charge in [0.25, 0.3) is 5.91 Å². The number of hydrogen-bond acceptors (Lipinski definition) is 5. The van der Waals surface area contributed by atoms with Crippen molar-refractivity contribution < 1.29 is 24.2 Å². The molecule has 1 aromatic carbocycles. The molecule has 0 spiro atoms. The van der Waals surface area contributed by atoms with Gasteiger partial charge >= 0.3 is 5.97 Å². The third-order valence-electron chi connectivity index (χ3n) is 3.73. The summed E-state index contributed by atoms with van der Waals surface area (Å²) in [6, 6.07) is 3.45. The molecule has 2 amide bonds. The average molecular weight is 350 g/mol. The van der Waals surface area contributed by atoms with E-state index in [1.54, 1.807) is 6.07 Å². The molecule has 0 fully saturated rings. The van der Waals surface area contributed by atoms with E-state index in [2.05, 4.69) is 10.6 Å². The maximum absolute atomic E-state index is 12.3. The first-order chi connectivity index (χ1) is 11.7. The van der Waals surface area contributed by atoms with Crippen LogP contribution in [0.15, 0.2) is 12.1 Å². The second-order valence-electron chi connectivity index (χ2n) is 6.34. The van der Waals surface area contributed by atoms with Crippen LogP contribution in [0.2, 0.25) is 0 Å².